The van der Waals surface area contributed by atoms with Gasteiger partial charge in [-0.05, 0) is 0 Å². The number of carboxylic acid groups (broad SMARTS) is 1. The lowest BCUT2D eigenvalue weighted by Gasteiger charge is -2.15. The number of carboxylic acids is 1. The van der Waals surface area contributed by atoms with E-state index >= 15 is 0 Å². The molecule has 0 radical (unpaired) electrons. The first kappa shape index (κ1) is 14.8. The van der Waals surface area contributed by atoms with Gasteiger partial charge >= 0.3 is 5.97 Å². The number of aliphatic hydroxyl groups excluding tert-OH is 1. The molecule has 0 spiro atoms. The van der Waals surface area contributed by atoms with E-state index in [1.165, 1.54) is 0 Å². The van der Waals surface area contributed by atoms with Crippen LogP contribution in [0.4, 0.5) is 0 Å². The number of nitrogens with one attached hydrogen (secondary N) is 1. The lowest BCUT2D eigenvalue weighted by Crippen LogP contribution is -2.52. The summed E-state index contributed by atoms with van der Waals surface area (Å²) < 4.78 is 29.3. The Bertz CT molecular complexity index is 365. The summed E-state index contributed by atoms with van der Waals surface area (Å²) in [5, 5.41) is 18.8. The number of carbonyl (C=O) groups excluding carboxylic acids is 1. The first-order valence-electron chi connectivity index (χ1n) is 4.02. The standard InChI is InChI=1S/C6H12N2O7S/c7-3(1-9)5(10)8-4(6(11)12)2-16(13,14)15/h3-4,9H,1-2,7H2,(H,8,10)(H,11,12)(H,13,14,15). The highest BCUT2D eigenvalue weighted by atomic mass is 32.2. The first-order valence-corrected chi connectivity index (χ1v) is 5.63. The quantitative estimate of drug-likeness (QED) is 0.309. The zero-order valence-corrected chi connectivity index (χ0v) is 8.85. The fraction of sp³-hybridized carbons (Fsp3) is 0.667. The average Bonchev–Trinajstić information content (AvgIpc) is 2.13. The molecule has 0 saturated carbocycles. The van der Waals surface area contributed by atoms with Crippen LogP contribution in [0.25, 0.3) is 0 Å². The van der Waals surface area contributed by atoms with E-state index in [2.05, 4.69) is 0 Å². The minimum atomic E-state index is -4.55. The Balaban J connectivity index is 4.59. The third kappa shape index (κ3) is 5.60. The largest absolute Gasteiger partial charge is 0.480 e. The molecule has 0 aromatic carbocycles. The van der Waals surface area contributed by atoms with Crippen LogP contribution < -0.4 is 11.1 Å². The van der Waals surface area contributed by atoms with Crippen molar-refractivity contribution in [2.45, 2.75) is 12.1 Å². The van der Waals surface area contributed by atoms with Crippen LogP contribution in [0.5, 0.6) is 0 Å². The molecule has 1 amide bonds. The fourth-order valence-corrected chi connectivity index (χ4v) is 1.39. The number of hydrogen-bond acceptors (Lipinski definition) is 6. The molecule has 0 aliphatic heterocycles. The number of hydrogen-bond donors (Lipinski definition) is 5. The summed E-state index contributed by atoms with van der Waals surface area (Å²) in [6, 6.07) is -3.18. The average molecular weight is 256 g/mol. The molecule has 0 aromatic heterocycles. The summed E-state index contributed by atoms with van der Waals surface area (Å²) >= 11 is 0. The number of carbonyl (C=O) groups is 2. The highest BCUT2D eigenvalue weighted by Crippen LogP contribution is 1.93. The Labute approximate surface area is 91.0 Å². The molecule has 16 heavy (non-hydrogen) atoms. The molecule has 0 aliphatic rings. The van der Waals surface area contributed by atoms with Gasteiger partial charge in [0, 0.05) is 0 Å². The maximum absolute atomic E-state index is 11.0. The van der Waals surface area contributed by atoms with Crippen LogP contribution in [0.3, 0.4) is 0 Å². The maximum Gasteiger partial charge on any atom is 0.327 e. The van der Waals surface area contributed by atoms with E-state index in [4.69, 9.17) is 20.5 Å². The number of rotatable bonds is 6. The minimum absolute atomic E-state index is 0.718. The van der Waals surface area contributed by atoms with Gasteiger partial charge in [-0.2, -0.15) is 8.42 Å². The predicted molar refractivity (Wildman–Crippen MR) is 51.0 cm³/mol. The topological polar surface area (TPSA) is 167 Å². The predicted octanol–water partition coefficient (Wildman–Crippen LogP) is -3.24. The summed E-state index contributed by atoms with van der Waals surface area (Å²) in [6.45, 7) is -0.718. The molecule has 0 heterocycles. The summed E-state index contributed by atoms with van der Waals surface area (Å²) in [4.78, 5) is 21.6. The van der Waals surface area contributed by atoms with Crippen molar-refractivity contribution in [2.75, 3.05) is 12.4 Å². The number of aliphatic carboxylic acids is 1. The molecule has 0 aliphatic carbocycles. The Morgan fingerprint density at radius 3 is 2.19 bits per heavy atom. The Hall–Kier alpha value is -1.23. The van der Waals surface area contributed by atoms with Crippen LogP contribution in [0, 0.1) is 0 Å². The zero-order chi connectivity index (χ0) is 12.9. The molecule has 2 unspecified atom stereocenters. The van der Waals surface area contributed by atoms with E-state index in [1.54, 1.807) is 5.32 Å². The molecule has 0 saturated heterocycles. The maximum atomic E-state index is 11.0. The van der Waals surface area contributed by atoms with Crippen molar-refractivity contribution in [1.29, 1.82) is 0 Å². The molecule has 94 valence electrons. The van der Waals surface area contributed by atoms with Crippen LogP contribution in [0.15, 0.2) is 0 Å². The monoisotopic (exact) mass is 256 g/mol. The Morgan fingerprint density at radius 2 is 1.88 bits per heavy atom. The first-order chi connectivity index (χ1) is 7.17. The van der Waals surface area contributed by atoms with Crippen molar-refractivity contribution >= 4 is 22.0 Å². The lowest BCUT2D eigenvalue weighted by atomic mass is 10.2. The highest BCUT2D eigenvalue weighted by Gasteiger charge is 2.27. The molecular formula is C6H12N2O7S. The van der Waals surface area contributed by atoms with Gasteiger partial charge in [-0.15, -0.1) is 0 Å². The van der Waals surface area contributed by atoms with Crippen molar-refractivity contribution in [3.8, 4) is 0 Å². The second kappa shape index (κ2) is 5.75. The molecule has 0 rings (SSSR count). The minimum Gasteiger partial charge on any atom is -0.480 e. The second-order valence-corrected chi connectivity index (χ2v) is 4.43. The smallest absolute Gasteiger partial charge is 0.327 e. The molecule has 6 N–H and O–H groups in total. The molecule has 2 atom stereocenters. The Morgan fingerprint density at radius 1 is 1.38 bits per heavy atom. The van der Waals surface area contributed by atoms with Crippen molar-refractivity contribution in [1.82, 2.24) is 5.32 Å². The third-order valence-electron chi connectivity index (χ3n) is 1.53. The van der Waals surface area contributed by atoms with Crippen LogP contribution >= 0.6 is 0 Å². The van der Waals surface area contributed by atoms with E-state index in [9.17, 15) is 18.0 Å². The van der Waals surface area contributed by atoms with Crippen molar-refractivity contribution in [3.05, 3.63) is 0 Å². The van der Waals surface area contributed by atoms with Crippen molar-refractivity contribution in [2.24, 2.45) is 5.73 Å². The molecule has 0 fully saturated rings. The van der Waals surface area contributed by atoms with E-state index in [1.807, 2.05) is 0 Å². The van der Waals surface area contributed by atoms with Gasteiger partial charge in [0.05, 0.1) is 6.61 Å². The number of amides is 1. The van der Waals surface area contributed by atoms with Gasteiger partial charge < -0.3 is 21.3 Å². The Kier molecular flexibility index (Phi) is 5.30. The van der Waals surface area contributed by atoms with Gasteiger partial charge in [0.2, 0.25) is 5.91 Å². The van der Waals surface area contributed by atoms with Crippen LogP contribution in [-0.4, -0.2) is 59.5 Å². The van der Waals surface area contributed by atoms with Crippen LogP contribution in [0.1, 0.15) is 0 Å². The summed E-state index contributed by atoms with van der Waals surface area (Å²) in [6.07, 6.45) is 0. The second-order valence-electron chi connectivity index (χ2n) is 2.94. The fourth-order valence-electron chi connectivity index (χ4n) is 0.747. The van der Waals surface area contributed by atoms with Crippen LogP contribution in [-0.2, 0) is 19.7 Å². The number of nitrogens with two attached hydrogens (primary N) is 1. The summed E-state index contributed by atoms with van der Waals surface area (Å²) in [5.74, 6) is -3.85. The molecular weight excluding hydrogens is 244 g/mol. The SMILES string of the molecule is NC(CO)C(=O)NC(CS(=O)(=O)O)C(=O)O. The van der Waals surface area contributed by atoms with Gasteiger partial charge in [0.1, 0.15) is 17.8 Å². The molecule has 10 heteroatoms. The van der Waals surface area contributed by atoms with Crippen molar-refractivity contribution in [3.63, 3.8) is 0 Å². The van der Waals surface area contributed by atoms with Gasteiger partial charge in [0.15, 0.2) is 0 Å². The normalized spacial score (nSPS) is 15.2. The van der Waals surface area contributed by atoms with Crippen molar-refractivity contribution < 1.29 is 32.8 Å². The summed E-state index contributed by atoms with van der Waals surface area (Å²) in [5.41, 5.74) is 5.06. The third-order valence-corrected chi connectivity index (χ3v) is 2.28. The van der Waals surface area contributed by atoms with E-state index in [0.717, 1.165) is 0 Å². The molecule has 0 bridgehead atoms. The summed E-state index contributed by atoms with van der Waals surface area (Å²) in [7, 11) is -4.55. The van der Waals surface area contributed by atoms with Crippen LogP contribution in [0.2, 0.25) is 0 Å². The molecule has 0 aromatic rings. The highest BCUT2D eigenvalue weighted by molar-refractivity contribution is 7.85. The van der Waals surface area contributed by atoms with E-state index in [-0.39, 0.29) is 0 Å². The van der Waals surface area contributed by atoms with E-state index < -0.39 is 46.4 Å². The van der Waals surface area contributed by atoms with E-state index in [0.29, 0.717) is 0 Å². The van der Waals surface area contributed by atoms with Gasteiger partial charge in [-0.25, -0.2) is 4.79 Å². The lowest BCUT2D eigenvalue weighted by molar-refractivity contribution is -0.141. The molecule has 9 nitrogen and oxygen atoms in total. The van der Waals surface area contributed by atoms with Gasteiger partial charge in [-0.1, -0.05) is 0 Å². The van der Waals surface area contributed by atoms with Gasteiger partial charge in [-0.3, -0.25) is 9.35 Å². The number of aliphatic hydroxyl groups is 1. The zero-order valence-electron chi connectivity index (χ0n) is 8.03. The van der Waals surface area contributed by atoms with Gasteiger partial charge in [0.25, 0.3) is 10.1 Å².